The van der Waals surface area contributed by atoms with Crippen molar-refractivity contribution >= 4 is 29.5 Å². The van der Waals surface area contributed by atoms with E-state index in [-0.39, 0.29) is 29.4 Å². The molecule has 0 aromatic heterocycles. The van der Waals surface area contributed by atoms with E-state index >= 15 is 0 Å². The van der Waals surface area contributed by atoms with Gasteiger partial charge in [-0.25, -0.2) is 25.3 Å². The maximum absolute atomic E-state index is 13.6. The number of hydrogen-bond donors (Lipinski definition) is 2. The molecule has 10 aromatic carbocycles. The number of ether oxygens (including phenoxy) is 6. The number of benzene rings is 10. The summed E-state index contributed by atoms with van der Waals surface area (Å²) in [4.78, 5) is 0.445. The monoisotopic (exact) mass is 1210 g/mol. The van der Waals surface area contributed by atoms with Crippen LogP contribution in [0.5, 0.6) is 69.0 Å². The van der Waals surface area contributed by atoms with Crippen LogP contribution >= 0.6 is 0 Å². The number of aliphatic hydroxyl groups is 2. The zero-order valence-electron chi connectivity index (χ0n) is 47.1. The Morgan fingerprint density at radius 1 is 0.264 bits per heavy atom. The summed E-state index contributed by atoms with van der Waals surface area (Å²) in [5.74, 6) is 16.7. The van der Waals surface area contributed by atoms with Crippen molar-refractivity contribution in [3.63, 3.8) is 0 Å². The van der Waals surface area contributed by atoms with Gasteiger partial charge in [-0.2, -0.15) is 0 Å². The van der Waals surface area contributed by atoms with E-state index in [1.54, 1.807) is 198 Å². The molecular weight excluding hydrogens is 1160 g/mol. The predicted molar refractivity (Wildman–Crippen MR) is 328 cm³/mol. The zero-order valence-corrected chi connectivity index (χ0v) is 49.6. The quantitative estimate of drug-likeness (QED) is 0.0769. The lowest BCUT2D eigenvalue weighted by Crippen LogP contribution is -2.14. The number of hydrogen-bond acceptors (Lipinski definition) is 14. The molecular formula is C70H54O14S3. The van der Waals surface area contributed by atoms with E-state index < -0.39 is 40.7 Å². The lowest BCUT2D eigenvalue weighted by atomic mass is 10.1. The van der Waals surface area contributed by atoms with E-state index in [0.29, 0.717) is 80.1 Å². The van der Waals surface area contributed by atoms with Gasteiger partial charge in [-0.3, -0.25) is 0 Å². The molecule has 0 unspecified atom stereocenters. The van der Waals surface area contributed by atoms with Crippen LogP contribution in [0, 0.1) is 23.7 Å². The fourth-order valence-corrected chi connectivity index (χ4v) is 12.0. The van der Waals surface area contributed by atoms with Gasteiger partial charge in [-0.1, -0.05) is 29.7 Å². The van der Waals surface area contributed by atoms with Crippen LogP contribution in [0.25, 0.3) is 0 Å². The lowest BCUT2D eigenvalue weighted by Gasteiger charge is -2.11. The maximum Gasteiger partial charge on any atom is 0.206 e. The van der Waals surface area contributed by atoms with Gasteiger partial charge in [0.1, 0.15) is 80.2 Å². The second kappa shape index (κ2) is 25.2. The van der Waals surface area contributed by atoms with Crippen molar-refractivity contribution in [1.82, 2.24) is 0 Å². The number of rotatable bonds is 18. The third-order valence-electron chi connectivity index (χ3n) is 12.6. The molecule has 0 aliphatic heterocycles. The molecule has 10 rings (SSSR count). The van der Waals surface area contributed by atoms with Gasteiger partial charge < -0.3 is 38.6 Å². The van der Waals surface area contributed by atoms with Crippen molar-refractivity contribution in [2.24, 2.45) is 0 Å². The van der Waals surface area contributed by atoms with E-state index in [1.165, 1.54) is 72.8 Å². The van der Waals surface area contributed by atoms with Crippen LogP contribution in [-0.4, -0.2) is 46.7 Å². The summed E-state index contributed by atoms with van der Waals surface area (Å²) in [5.41, 5.74) is -0.883. The Balaban J connectivity index is 0.671. The standard InChI is InChI=1S/C70H54O14S3/c1-69(2,71)46-44-49-8-10-51(11-9-49)79-56-20-32-63(33-21-56)85(73,74)64-34-22-57(23-35-64)80-52-12-14-53(15-13-52)81-58-24-36-65(37-25-58)86(75,76)66-38-26-59(27-39-66)82-54-16-18-55(19-17-54)83-60-28-40-67(41-29-60)87(77,78)68-42-30-61(31-43-68)84-62-7-5-6-50(48-62)45-47-70(3,4)72/h5-43,48,71-72H,1-4H3. The molecule has 2 N–H and O–H groups in total. The van der Waals surface area contributed by atoms with E-state index in [1.807, 2.05) is 0 Å². The minimum Gasteiger partial charge on any atom is -0.457 e. The van der Waals surface area contributed by atoms with Gasteiger partial charge in [0.15, 0.2) is 0 Å². The minimum atomic E-state index is -3.91. The van der Waals surface area contributed by atoms with Crippen molar-refractivity contribution < 1.29 is 63.9 Å². The molecule has 0 fully saturated rings. The molecule has 87 heavy (non-hydrogen) atoms. The molecule has 0 aliphatic rings. The third kappa shape index (κ3) is 15.8. The van der Waals surface area contributed by atoms with E-state index in [9.17, 15) is 35.5 Å². The Morgan fingerprint density at radius 3 is 0.690 bits per heavy atom. The topological polar surface area (TPSA) is 198 Å². The summed E-state index contributed by atoms with van der Waals surface area (Å²) in [7, 11) is -11.6. The van der Waals surface area contributed by atoms with Gasteiger partial charge in [0, 0.05) is 11.1 Å². The largest absolute Gasteiger partial charge is 0.457 e. The molecule has 10 aromatic rings. The second-order valence-corrected chi connectivity index (χ2v) is 26.4. The molecule has 17 heteroatoms. The lowest BCUT2D eigenvalue weighted by molar-refractivity contribution is 0.143. The van der Waals surface area contributed by atoms with Crippen LogP contribution < -0.4 is 28.4 Å². The zero-order chi connectivity index (χ0) is 61.4. The molecule has 0 atom stereocenters. The van der Waals surface area contributed by atoms with Crippen molar-refractivity contribution in [3.8, 4) is 92.7 Å². The summed E-state index contributed by atoms with van der Waals surface area (Å²) in [6.07, 6.45) is 0. The fourth-order valence-electron chi connectivity index (χ4n) is 8.19. The molecule has 0 aliphatic carbocycles. The van der Waals surface area contributed by atoms with Crippen LogP contribution in [0.3, 0.4) is 0 Å². The predicted octanol–water partition coefficient (Wildman–Crippen LogP) is 15.2. The highest BCUT2D eigenvalue weighted by Gasteiger charge is 2.22. The first-order chi connectivity index (χ1) is 41.5. The Bertz CT molecular complexity index is 4540. The average molecular weight is 1220 g/mol. The highest BCUT2D eigenvalue weighted by Crippen LogP contribution is 2.35. The first-order valence-electron chi connectivity index (χ1n) is 26.8. The fraction of sp³-hybridized carbons (Fsp3) is 0.0857. The van der Waals surface area contributed by atoms with Crippen molar-refractivity contribution in [2.45, 2.75) is 68.3 Å². The molecule has 0 amide bonds. The Labute approximate surface area is 505 Å². The molecule has 0 saturated carbocycles. The Hall–Kier alpha value is -10.1. The van der Waals surface area contributed by atoms with Gasteiger partial charge in [0.2, 0.25) is 29.5 Å². The van der Waals surface area contributed by atoms with Gasteiger partial charge in [0.05, 0.1) is 29.4 Å². The number of sulfone groups is 3. The van der Waals surface area contributed by atoms with Crippen molar-refractivity contribution in [1.29, 1.82) is 0 Å². The van der Waals surface area contributed by atoms with E-state index in [4.69, 9.17) is 28.4 Å². The smallest absolute Gasteiger partial charge is 0.206 e. The first kappa shape index (κ1) is 60.0. The summed E-state index contributed by atoms with van der Waals surface area (Å²) < 4.78 is 117. The van der Waals surface area contributed by atoms with Gasteiger partial charge in [-0.05, 0) is 264 Å². The van der Waals surface area contributed by atoms with E-state index in [0.717, 1.165) is 0 Å². The van der Waals surface area contributed by atoms with Crippen LogP contribution in [0.2, 0.25) is 0 Å². The molecule has 0 heterocycles. The van der Waals surface area contributed by atoms with Gasteiger partial charge in [-0.15, -0.1) is 0 Å². The molecule has 14 nitrogen and oxygen atoms in total. The van der Waals surface area contributed by atoms with Gasteiger partial charge in [0.25, 0.3) is 0 Å². The van der Waals surface area contributed by atoms with Crippen LogP contribution in [0.15, 0.2) is 272 Å². The molecule has 0 radical (unpaired) electrons. The summed E-state index contributed by atoms with van der Waals surface area (Å²) in [6.45, 7) is 6.40. The van der Waals surface area contributed by atoms with E-state index in [2.05, 4.69) is 23.7 Å². The summed E-state index contributed by atoms with van der Waals surface area (Å²) >= 11 is 0. The normalized spacial score (nSPS) is 11.7. The van der Waals surface area contributed by atoms with Gasteiger partial charge >= 0.3 is 0 Å². The molecule has 436 valence electrons. The Morgan fingerprint density at radius 2 is 0.460 bits per heavy atom. The maximum atomic E-state index is 13.6. The van der Waals surface area contributed by atoms with Crippen molar-refractivity contribution in [2.75, 3.05) is 0 Å². The van der Waals surface area contributed by atoms with Crippen LogP contribution in [-0.2, 0) is 29.5 Å². The van der Waals surface area contributed by atoms with Crippen LogP contribution in [0.1, 0.15) is 38.8 Å². The minimum absolute atomic E-state index is 0.0582. The molecule has 0 bridgehead atoms. The second-order valence-electron chi connectivity index (χ2n) is 20.6. The summed E-state index contributed by atoms with van der Waals surface area (Å²) in [5, 5.41) is 19.8. The summed E-state index contributed by atoms with van der Waals surface area (Å²) in [6, 6.07) is 63.9. The highest BCUT2D eigenvalue weighted by molar-refractivity contribution is 7.92. The van der Waals surface area contributed by atoms with Crippen molar-refractivity contribution in [3.05, 3.63) is 254 Å². The Kier molecular flexibility index (Phi) is 17.4. The SMILES string of the molecule is CC(C)(O)C#Cc1ccc(Oc2ccc(S(=O)(=O)c3ccc(Oc4ccc(Oc5ccc(S(=O)(=O)c6ccc(Oc7ccc(Oc8ccc(S(=O)(=O)c9ccc(Oc%10cccc(C#CC(C)(C)O)c%10)cc9)cc8)cc7)cc6)cc5)cc4)cc3)cc2)cc1. The first-order valence-corrected chi connectivity index (χ1v) is 31.3. The molecule has 0 saturated heterocycles. The average Bonchev–Trinajstić information content (AvgIpc) is 3.56. The third-order valence-corrected chi connectivity index (χ3v) is 17.9. The highest BCUT2D eigenvalue weighted by atomic mass is 32.2. The molecule has 0 spiro atoms. The van der Waals surface area contributed by atoms with Crippen LogP contribution in [0.4, 0.5) is 0 Å².